The lowest BCUT2D eigenvalue weighted by molar-refractivity contribution is -0.127. The van der Waals surface area contributed by atoms with Gasteiger partial charge < -0.3 is 15.5 Å². The second kappa shape index (κ2) is 7.31. The van der Waals surface area contributed by atoms with Gasteiger partial charge in [0.15, 0.2) is 0 Å². The van der Waals surface area contributed by atoms with Crippen LogP contribution < -0.4 is 10.6 Å². The Labute approximate surface area is 170 Å². The molecule has 2 atom stereocenters. The lowest BCUT2D eigenvalue weighted by Crippen LogP contribution is -2.48. The smallest absolute Gasteiger partial charge is 0.246 e. The number of likely N-dealkylation sites (N-methyl/N-ethyl adjacent to an activating group) is 1. The minimum atomic E-state index is -0.215. The quantitative estimate of drug-likeness (QED) is 0.783. The molecule has 2 aromatic rings. The largest absolute Gasteiger partial charge is 0.369 e. The van der Waals surface area contributed by atoms with Crippen LogP contribution in [-0.4, -0.2) is 46.3 Å². The third kappa shape index (κ3) is 3.48. The maximum absolute atomic E-state index is 12.8. The molecule has 2 aromatic heterocycles. The van der Waals surface area contributed by atoms with E-state index >= 15 is 0 Å². The van der Waals surface area contributed by atoms with Crippen LogP contribution in [0.2, 0.25) is 0 Å². The van der Waals surface area contributed by atoms with Crippen molar-refractivity contribution in [2.24, 2.45) is 0 Å². The third-order valence-electron chi connectivity index (χ3n) is 6.18. The van der Waals surface area contributed by atoms with Crippen molar-refractivity contribution < 1.29 is 9.59 Å². The summed E-state index contributed by atoms with van der Waals surface area (Å²) >= 11 is 0. The molecule has 0 saturated carbocycles. The van der Waals surface area contributed by atoms with Crippen molar-refractivity contribution in [3.8, 4) is 0 Å². The Morgan fingerprint density at radius 2 is 2.14 bits per heavy atom. The number of fused-ring (bicyclic) bond motifs is 2. The Bertz CT molecular complexity index is 1000. The van der Waals surface area contributed by atoms with E-state index in [2.05, 4.69) is 40.5 Å². The van der Waals surface area contributed by atoms with Crippen molar-refractivity contribution in [1.29, 1.82) is 0 Å². The van der Waals surface area contributed by atoms with Crippen LogP contribution in [-0.2, 0) is 21.4 Å². The van der Waals surface area contributed by atoms with E-state index in [1.807, 2.05) is 19.2 Å². The minimum Gasteiger partial charge on any atom is -0.369 e. The molecule has 0 saturated heterocycles. The van der Waals surface area contributed by atoms with Crippen molar-refractivity contribution in [2.45, 2.75) is 38.1 Å². The third-order valence-corrected chi connectivity index (χ3v) is 6.18. The molecule has 0 radical (unpaired) electrons. The van der Waals surface area contributed by atoms with Gasteiger partial charge in [-0.25, -0.2) is 9.97 Å². The highest BCUT2D eigenvalue weighted by molar-refractivity contribution is 5.94. The van der Waals surface area contributed by atoms with Gasteiger partial charge in [0, 0.05) is 55.5 Å². The molecule has 2 amide bonds. The van der Waals surface area contributed by atoms with Crippen molar-refractivity contribution in [1.82, 2.24) is 14.9 Å². The van der Waals surface area contributed by atoms with Crippen LogP contribution in [0.4, 0.5) is 11.6 Å². The summed E-state index contributed by atoms with van der Waals surface area (Å²) in [5.74, 6) is 1.43. The predicted molar refractivity (Wildman–Crippen MR) is 113 cm³/mol. The second-order valence-electron chi connectivity index (χ2n) is 7.95. The molecule has 150 valence electrons. The molecule has 0 spiro atoms. The normalized spacial score (nSPS) is 21.1. The van der Waals surface area contributed by atoms with E-state index in [0.29, 0.717) is 18.7 Å². The van der Waals surface area contributed by atoms with Gasteiger partial charge in [-0.05, 0) is 42.7 Å². The van der Waals surface area contributed by atoms with Crippen molar-refractivity contribution in [3.05, 3.63) is 53.4 Å². The molecule has 29 heavy (non-hydrogen) atoms. The lowest BCUT2D eigenvalue weighted by atomic mass is 9.78. The summed E-state index contributed by atoms with van der Waals surface area (Å²) in [4.78, 5) is 34.7. The molecule has 0 aromatic carbocycles. The molecule has 4 heterocycles. The number of nitrogens with zero attached hydrogens (tertiary/aromatic N) is 3. The number of anilines is 2. The number of pyridine rings is 2. The number of aromatic nitrogens is 2. The Morgan fingerprint density at radius 3 is 2.97 bits per heavy atom. The number of hydrogen-bond donors (Lipinski definition) is 2. The molecular formula is C22H25N5O2. The molecule has 0 fully saturated rings. The highest BCUT2D eigenvalue weighted by atomic mass is 16.2. The minimum absolute atomic E-state index is 0.00856. The SMILES string of the molecule is CC(N(C)C(=O)C=Cc1cnc2c(c1)CCC(=O)N2)C1(C)CNc2ncccc21. The van der Waals surface area contributed by atoms with Crippen molar-refractivity contribution in [3.63, 3.8) is 0 Å². The van der Waals surface area contributed by atoms with Crippen LogP contribution in [0.3, 0.4) is 0 Å². The summed E-state index contributed by atoms with van der Waals surface area (Å²) in [5.41, 5.74) is 2.76. The standard InChI is InChI=1S/C22H25N5O2/c1-14(22(2)13-25-21-17(22)5-4-10-23-21)27(3)19(29)9-6-15-11-16-7-8-18(28)26-20(16)24-12-15/h4-6,9-12,14H,7-8,13H2,1-3H3,(H,23,25)(H,24,26,28). The maximum Gasteiger partial charge on any atom is 0.246 e. The van der Waals surface area contributed by atoms with Gasteiger partial charge in [-0.1, -0.05) is 13.0 Å². The van der Waals surface area contributed by atoms with E-state index in [4.69, 9.17) is 0 Å². The second-order valence-corrected chi connectivity index (χ2v) is 7.95. The van der Waals surface area contributed by atoms with Gasteiger partial charge in [0.2, 0.25) is 11.8 Å². The Balaban J connectivity index is 1.48. The Morgan fingerprint density at radius 1 is 1.31 bits per heavy atom. The first-order valence-electron chi connectivity index (χ1n) is 9.81. The van der Waals surface area contributed by atoms with Crippen LogP contribution in [0.15, 0.2) is 36.7 Å². The average molecular weight is 391 g/mol. The van der Waals surface area contributed by atoms with E-state index in [0.717, 1.165) is 29.1 Å². The average Bonchev–Trinajstić information content (AvgIpc) is 3.09. The summed E-state index contributed by atoms with van der Waals surface area (Å²) < 4.78 is 0. The lowest BCUT2D eigenvalue weighted by Gasteiger charge is -2.37. The molecule has 0 bridgehead atoms. The zero-order valence-corrected chi connectivity index (χ0v) is 16.9. The van der Waals surface area contributed by atoms with E-state index in [-0.39, 0.29) is 23.3 Å². The fourth-order valence-corrected chi connectivity index (χ4v) is 4.01. The predicted octanol–water partition coefficient (Wildman–Crippen LogP) is 2.60. The summed E-state index contributed by atoms with van der Waals surface area (Å²) in [5, 5.41) is 6.12. The monoisotopic (exact) mass is 391 g/mol. The molecule has 2 aliphatic rings. The van der Waals surface area contributed by atoms with Crippen LogP contribution in [0.5, 0.6) is 0 Å². The number of amides is 2. The van der Waals surface area contributed by atoms with E-state index in [1.165, 1.54) is 0 Å². The van der Waals surface area contributed by atoms with Crippen LogP contribution in [0.1, 0.15) is 37.0 Å². The fraction of sp³-hybridized carbons (Fsp3) is 0.364. The van der Waals surface area contributed by atoms with Gasteiger partial charge in [0.25, 0.3) is 0 Å². The number of nitrogens with one attached hydrogen (secondary N) is 2. The molecule has 2 N–H and O–H groups in total. The molecular weight excluding hydrogens is 366 g/mol. The fourth-order valence-electron chi connectivity index (χ4n) is 4.01. The summed E-state index contributed by atoms with van der Waals surface area (Å²) in [6.45, 7) is 4.97. The Hall–Kier alpha value is -3.22. The van der Waals surface area contributed by atoms with Gasteiger partial charge in [-0.3, -0.25) is 9.59 Å². The maximum atomic E-state index is 12.8. The zero-order chi connectivity index (χ0) is 20.6. The molecule has 0 aliphatic carbocycles. The number of carbonyl (C=O) groups is 2. The first kappa shape index (κ1) is 19.1. The molecule has 4 rings (SSSR count). The van der Waals surface area contributed by atoms with Gasteiger partial charge in [-0.15, -0.1) is 0 Å². The summed E-state index contributed by atoms with van der Waals surface area (Å²) in [6, 6.07) is 5.96. The van der Waals surface area contributed by atoms with Crippen molar-refractivity contribution >= 4 is 29.5 Å². The molecule has 7 nitrogen and oxygen atoms in total. The number of rotatable bonds is 4. The van der Waals surface area contributed by atoms with Crippen LogP contribution in [0, 0.1) is 0 Å². The summed E-state index contributed by atoms with van der Waals surface area (Å²) in [7, 11) is 1.83. The van der Waals surface area contributed by atoms with E-state index < -0.39 is 0 Å². The van der Waals surface area contributed by atoms with Crippen LogP contribution >= 0.6 is 0 Å². The first-order valence-corrected chi connectivity index (χ1v) is 9.81. The molecule has 2 unspecified atom stereocenters. The van der Waals surface area contributed by atoms with E-state index in [1.54, 1.807) is 29.4 Å². The van der Waals surface area contributed by atoms with Gasteiger partial charge >= 0.3 is 0 Å². The Kier molecular flexibility index (Phi) is 4.82. The topological polar surface area (TPSA) is 87.2 Å². The first-order chi connectivity index (χ1) is 13.9. The highest BCUT2D eigenvalue weighted by Gasteiger charge is 2.42. The highest BCUT2D eigenvalue weighted by Crippen LogP contribution is 2.39. The van der Waals surface area contributed by atoms with Crippen LogP contribution in [0.25, 0.3) is 6.08 Å². The van der Waals surface area contributed by atoms with Gasteiger partial charge in [0.05, 0.1) is 0 Å². The van der Waals surface area contributed by atoms with Crippen molar-refractivity contribution in [2.75, 3.05) is 24.2 Å². The molecule has 7 heteroatoms. The van der Waals surface area contributed by atoms with Gasteiger partial charge in [-0.2, -0.15) is 0 Å². The van der Waals surface area contributed by atoms with Gasteiger partial charge in [0.1, 0.15) is 11.6 Å². The summed E-state index contributed by atoms with van der Waals surface area (Å²) in [6.07, 6.45) is 7.93. The number of carbonyl (C=O) groups excluding carboxylic acids is 2. The molecule has 2 aliphatic heterocycles. The zero-order valence-electron chi connectivity index (χ0n) is 16.9. The number of aryl methyl sites for hydroxylation is 1. The number of hydrogen-bond acceptors (Lipinski definition) is 5. The van der Waals surface area contributed by atoms with E-state index in [9.17, 15) is 9.59 Å².